The van der Waals surface area contributed by atoms with Crippen LogP contribution in [-0.2, 0) is 21.7 Å². The normalized spacial score (nSPS) is 9.60. The van der Waals surface area contributed by atoms with Gasteiger partial charge in [-0.3, -0.25) is 0 Å². The molecule has 0 N–H and O–H groups in total. The molecule has 0 aromatic carbocycles. The van der Waals surface area contributed by atoms with E-state index in [9.17, 15) is 0 Å². The van der Waals surface area contributed by atoms with Gasteiger partial charge in [-0.1, -0.05) is 81.1 Å². The largest absolute Gasteiger partial charge is 4.00 e. The molecular formula is C24H52Ti. The summed E-state index contributed by atoms with van der Waals surface area (Å²) in [4.78, 5) is 0. The van der Waals surface area contributed by atoms with Crippen LogP contribution in [0.3, 0.4) is 0 Å². The van der Waals surface area contributed by atoms with Crippen molar-refractivity contribution < 1.29 is 21.7 Å². The molecule has 0 amide bonds. The summed E-state index contributed by atoms with van der Waals surface area (Å²) in [5.74, 6) is 3.34. The molecular weight excluding hydrogens is 336 g/mol. The van der Waals surface area contributed by atoms with E-state index in [1.165, 1.54) is 25.7 Å². The number of rotatable bonds is 8. The molecule has 0 rings (SSSR count). The Morgan fingerprint density at radius 2 is 0.520 bits per heavy atom. The van der Waals surface area contributed by atoms with Gasteiger partial charge in [0.15, 0.2) is 0 Å². The Hall–Kier alpha value is 0.714. The van der Waals surface area contributed by atoms with Crippen molar-refractivity contribution in [3.05, 3.63) is 27.7 Å². The Morgan fingerprint density at radius 3 is 0.520 bits per heavy atom. The molecule has 0 heterocycles. The zero-order valence-electron chi connectivity index (χ0n) is 19.3. The summed E-state index contributed by atoms with van der Waals surface area (Å²) in [6, 6.07) is 0. The second kappa shape index (κ2) is 32.4. The summed E-state index contributed by atoms with van der Waals surface area (Å²) in [7, 11) is 0. The Bertz CT molecular complexity index is 131. The van der Waals surface area contributed by atoms with Crippen molar-refractivity contribution >= 4 is 0 Å². The summed E-state index contributed by atoms with van der Waals surface area (Å²) in [6.07, 6.45) is 9.38. The first-order valence-electron chi connectivity index (χ1n) is 10.3. The third kappa shape index (κ3) is 78.9. The molecule has 0 aromatic heterocycles. The Balaban J connectivity index is -0.0000000702. The van der Waals surface area contributed by atoms with Crippen LogP contribution in [0.2, 0.25) is 0 Å². The van der Waals surface area contributed by atoms with Gasteiger partial charge in [-0.25, -0.2) is 0 Å². The summed E-state index contributed by atoms with van der Waals surface area (Å²) < 4.78 is 0. The third-order valence-corrected chi connectivity index (χ3v) is 3.13. The van der Waals surface area contributed by atoms with E-state index in [-0.39, 0.29) is 21.7 Å². The van der Waals surface area contributed by atoms with Crippen LogP contribution in [0.5, 0.6) is 0 Å². The van der Waals surface area contributed by atoms with Gasteiger partial charge in [0.1, 0.15) is 0 Å². The van der Waals surface area contributed by atoms with Crippen molar-refractivity contribution in [1.29, 1.82) is 0 Å². The van der Waals surface area contributed by atoms with Crippen LogP contribution in [0.25, 0.3) is 0 Å². The number of hydrogen-bond donors (Lipinski definition) is 0. The van der Waals surface area contributed by atoms with Crippen LogP contribution in [-0.4, -0.2) is 0 Å². The van der Waals surface area contributed by atoms with Gasteiger partial charge in [0.05, 0.1) is 0 Å². The van der Waals surface area contributed by atoms with E-state index in [1.54, 1.807) is 0 Å². The first-order chi connectivity index (χ1) is 11.1. The van der Waals surface area contributed by atoms with E-state index in [4.69, 9.17) is 0 Å². The van der Waals surface area contributed by atoms with Gasteiger partial charge in [0.2, 0.25) is 0 Å². The van der Waals surface area contributed by atoms with E-state index in [1.807, 2.05) is 0 Å². The Morgan fingerprint density at radius 1 is 0.400 bits per heavy atom. The maximum atomic E-state index is 3.73. The van der Waals surface area contributed by atoms with Crippen LogP contribution in [0.15, 0.2) is 0 Å². The third-order valence-electron chi connectivity index (χ3n) is 3.13. The molecule has 0 atom stereocenters. The van der Waals surface area contributed by atoms with Crippen LogP contribution >= 0.6 is 0 Å². The Labute approximate surface area is 179 Å². The van der Waals surface area contributed by atoms with E-state index < -0.39 is 0 Å². The minimum absolute atomic E-state index is 0. The first-order valence-corrected chi connectivity index (χ1v) is 10.3. The molecule has 25 heavy (non-hydrogen) atoms. The zero-order chi connectivity index (χ0) is 20.0. The molecule has 0 aliphatic heterocycles. The quantitative estimate of drug-likeness (QED) is 0.287. The fourth-order valence-electron chi connectivity index (χ4n) is 1.63. The second-order valence-electron chi connectivity index (χ2n) is 8.14. The molecule has 0 saturated carbocycles. The van der Waals surface area contributed by atoms with Crippen molar-refractivity contribution in [2.24, 2.45) is 23.7 Å². The van der Waals surface area contributed by atoms with Crippen molar-refractivity contribution in [3.63, 3.8) is 0 Å². The summed E-state index contributed by atoms with van der Waals surface area (Å²) in [5.41, 5.74) is 0. The SMILES string of the molecule is [CH2-]CCC(C)C.[CH2-]CCC(C)C.[CH2-]CCC(C)C.[CH2-]CCC(C)C.[Ti+4]. The molecule has 0 fully saturated rings. The first kappa shape index (κ1) is 36.6. The number of hydrogen-bond acceptors (Lipinski definition) is 0. The molecule has 0 nitrogen and oxygen atoms in total. The monoisotopic (exact) mass is 388 g/mol. The van der Waals surface area contributed by atoms with Crippen LogP contribution in [0.4, 0.5) is 0 Å². The molecule has 0 spiro atoms. The molecule has 0 aromatic rings. The molecule has 0 radical (unpaired) electrons. The average Bonchev–Trinajstić information content (AvgIpc) is 2.39. The predicted molar refractivity (Wildman–Crippen MR) is 118 cm³/mol. The van der Waals surface area contributed by atoms with Gasteiger partial charge >= 0.3 is 21.7 Å². The van der Waals surface area contributed by atoms with E-state index in [0.717, 1.165) is 49.4 Å². The zero-order valence-corrected chi connectivity index (χ0v) is 20.9. The maximum absolute atomic E-state index is 3.73. The van der Waals surface area contributed by atoms with Crippen molar-refractivity contribution in [2.75, 3.05) is 0 Å². The van der Waals surface area contributed by atoms with Gasteiger partial charge in [-0.15, -0.1) is 0 Å². The van der Waals surface area contributed by atoms with Gasteiger partial charge in [-0.2, -0.15) is 25.7 Å². The second-order valence-corrected chi connectivity index (χ2v) is 8.14. The fraction of sp³-hybridized carbons (Fsp3) is 0.833. The van der Waals surface area contributed by atoms with Crippen molar-refractivity contribution in [3.8, 4) is 0 Å². The van der Waals surface area contributed by atoms with Crippen molar-refractivity contribution in [2.45, 2.75) is 107 Å². The van der Waals surface area contributed by atoms with Crippen molar-refractivity contribution in [1.82, 2.24) is 0 Å². The van der Waals surface area contributed by atoms with Gasteiger partial charge in [-0.05, 0) is 23.7 Å². The summed E-state index contributed by atoms with van der Waals surface area (Å²) in [6.45, 7) is 32.6. The summed E-state index contributed by atoms with van der Waals surface area (Å²) in [5, 5.41) is 0. The predicted octanol–water partition coefficient (Wildman–Crippen LogP) is 9.02. The molecule has 152 valence electrons. The smallest absolute Gasteiger partial charge is 0.343 e. The molecule has 1 heteroatoms. The van der Waals surface area contributed by atoms with Crippen LogP contribution in [0, 0.1) is 51.4 Å². The average molecular weight is 389 g/mol. The Kier molecular flexibility index (Phi) is 47.4. The van der Waals surface area contributed by atoms with Crippen LogP contribution < -0.4 is 0 Å². The standard InChI is InChI=1S/4C6H13.Ti/c4*1-4-5-6(2)3;/h4*6H,1,4-5H2,2-3H3;/q4*-1;+4. The molecule has 0 aliphatic carbocycles. The van der Waals surface area contributed by atoms with E-state index in [2.05, 4.69) is 83.1 Å². The minimum Gasteiger partial charge on any atom is -0.343 e. The minimum atomic E-state index is 0. The topological polar surface area (TPSA) is 0 Å². The fourth-order valence-corrected chi connectivity index (χ4v) is 1.63. The van der Waals surface area contributed by atoms with Gasteiger partial charge < -0.3 is 27.7 Å². The van der Waals surface area contributed by atoms with Gasteiger partial charge in [0.25, 0.3) is 0 Å². The van der Waals surface area contributed by atoms with E-state index >= 15 is 0 Å². The molecule has 0 saturated heterocycles. The van der Waals surface area contributed by atoms with Crippen LogP contribution in [0.1, 0.15) is 107 Å². The van der Waals surface area contributed by atoms with Gasteiger partial charge in [0, 0.05) is 0 Å². The summed E-state index contributed by atoms with van der Waals surface area (Å²) >= 11 is 0. The maximum Gasteiger partial charge on any atom is 4.00 e. The molecule has 0 aliphatic rings. The molecule has 0 unspecified atom stereocenters. The van der Waals surface area contributed by atoms with E-state index in [0.29, 0.717) is 0 Å². The molecule has 0 bridgehead atoms.